The van der Waals surface area contributed by atoms with Crippen molar-refractivity contribution in [1.29, 1.82) is 0 Å². The zero-order valence-corrected chi connectivity index (χ0v) is 16.2. The summed E-state index contributed by atoms with van der Waals surface area (Å²) >= 11 is 0.983. The van der Waals surface area contributed by atoms with E-state index >= 15 is 0 Å². The smallest absolute Gasteiger partial charge is 0.453 e. The van der Waals surface area contributed by atoms with E-state index in [2.05, 4.69) is 15.3 Å². The minimum atomic E-state index is -4.80. The number of rotatable bonds is 7. The van der Waals surface area contributed by atoms with Gasteiger partial charge < -0.3 is 9.15 Å². The van der Waals surface area contributed by atoms with Gasteiger partial charge in [0.25, 0.3) is 5.82 Å². The first kappa shape index (κ1) is 22.7. The number of hydrogen-bond acceptors (Lipinski definition) is 6. The third-order valence-electron chi connectivity index (χ3n) is 3.55. The summed E-state index contributed by atoms with van der Waals surface area (Å²) in [4.78, 5) is 0. The largest absolute Gasteiger partial charge is 0.479 e. The number of aromatic nitrogens is 3. The third kappa shape index (κ3) is 5.00. The van der Waals surface area contributed by atoms with Crippen LogP contribution in [0.1, 0.15) is 24.3 Å². The van der Waals surface area contributed by atoms with Crippen LogP contribution in [0.4, 0.5) is 30.7 Å². The van der Waals surface area contributed by atoms with Crippen molar-refractivity contribution in [2.75, 3.05) is 5.75 Å². The normalized spacial score (nSPS) is 12.1. The van der Waals surface area contributed by atoms with E-state index in [1.807, 2.05) is 0 Å². The van der Waals surface area contributed by atoms with Crippen molar-refractivity contribution in [3.63, 3.8) is 0 Å². The van der Waals surface area contributed by atoms with Gasteiger partial charge >= 0.3 is 6.18 Å². The highest BCUT2D eigenvalue weighted by atomic mass is 32.2. The third-order valence-corrected chi connectivity index (χ3v) is 4.35. The number of benzene rings is 1. The van der Waals surface area contributed by atoms with Crippen molar-refractivity contribution < 1.29 is 39.9 Å². The summed E-state index contributed by atoms with van der Waals surface area (Å²) in [6.07, 6.45) is -3.86. The molecule has 0 aliphatic heterocycles. The van der Waals surface area contributed by atoms with Gasteiger partial charge in [-0.1, -0.05) is 18.7 Å². The molecule has 31 heavy (non-hydrogen) atoms. The Kier molecular flexibility index (Phi) is 6.57. The van der Waals surface area contributed by atoms with Crippen molar-refractivity contribution in [1.82, 2.24) is 14.9 Å². The highest BCUT2D eigenvalue weighted by Crippen LogP contribution is 2.30. The van der Waals surface area contributed by atoms with Crippen molar-refractivity contribution in [3.8, 4) is 5.75 Å². The van der Waals surface area contributed by atoms with Crippen LogP contribution >= 0.6 is 11.8 Å². The maximum atomic E-state index is 13.6. The van der Waals surface area contributed by atoms with E-state index in [-0.39, 0.29) is 22.7 Å². The molecule has 6 nitrogen and oxygen atoms in total. The molecule has 1 aromatic carbocycles. The molecule has 0 N–H and O–H groups in total. The predicted octanol–water partition coefficient (Wildman–Crippen LogP) is 5.02. The van der Waals surface area contributed by atoms with E-state index in [1.54, 1.807) is 6.92 Å². The average Bonchev–Trinajstić information content (AvgIpc) is 3.31. The summed E-state index contributed by atoms with van der Waals surface area (Å²) < 4.78 is 103. The molecule has 2 aromatic heterocycles. The van der Waals surface area contributed by atoms with Gasteiger partial charge in [-0.3, -0.25) is 0 Å². The molecule has 0 amide bonds. The van der Waals surface area contributed by atoms with Gasteiger partial charge in [0.05, 0.1) is 6.21 Å². The molecular weight excluding hydrogens is 457 g/mol. The van der Waals surface area contributed by atoms with Crippen molar-refractivity contribution in [3.05, 3.63) is 58.8 Å². The zero-order valence-electron chi connectivity index (χ0n) is 15.4. The number of hydrogen-bond donors (Lipinski definition) is 0. The Bertz CT molecular complexity index is 1080. The Morgan fingerprint density at radius 3 is 2.42 bits per heavy atom. The maximum Gasteiger partial charge on any atom is 0.453 e. The molecule has 0 saturated carbocycles. The molecule has 0 spiro atoms. The van der Waals surface area contributed by atoms with E-state index in [1.165, 1.54) is 12.1 Å². The van der Waals surface area contributed by atoms with Crippen LogP contribution in [0.3, 0.4) is 0 Å². The second-order valence-corrected chi connectivity index (χ2v) is 6.91. The summed E-state index contributed by atoms with van der Waals surface area (Å²) in [5.74, 6) is -9.01. The molecule has 0 atom stereocenters. The van der Waals surface area contributed by atoms with Crippen molar-refractivity contribution in [2.45, 2.75) is 24.9 Å². The monoisotopic (exact) mass is 468 g/mol. The van der Waals surface area contributed by atoms with Gasteiger partial charge in [0, 0.05) is 6.07 Å². The summed E-state index contributed by atoms with van der Waals surface area (Å²) in [5.41, 5.74) is 0. The van der Waals surface area contributed by atoms with E-state index < -0.39 is 47.6 Å². The standard InChI is InChI=1S/C17H11F7N4O2S/c1-2-31-16-27-26-15(17(22,23)24)28(16)25-6-8-3-4-9(30-8)7-29-14-12(20)10(18)5-11(19)13(14)21/h3-6H,2,7H2,1H3. The topological polar surface area (TPSA) is 65.4 Å². The molecule has 0 saturated heterocycles. The predicted molar refractivity (Wildman–Crippen MR) is 93.7 cm³/mol. The minimum absolute atomic E-state index is 0.0320. The fourth-order valence-electron chi connectivity index (χ4n) is 2.24. The molecule has 3 rings (SSSR count). The molecule has 0 unspecified atom stereocenters. The lowest BCUT2D eigenvalue weighted by Gasteiger charge is -2.08. The Labute approximate surface area is 173 Å². The molecule has 0 bridgehead atoms. The Hall–Kier alpha value is -3.03. The molecule has 166 valence electrons. The van der Waals surface area contributed by atoms with Crippen LogP contribution in [0.25, 0.3) is 0 Å². The lowest BCUT2D eigenvalue weighted by atomic mass is 10.3. The second-order valence-electron chi connectivity index (χ2n) is 5.68. The van der Waals surface area contributed by atoms with Gasteiger partial charge in [0.2, 0.25) is 16.8 Å². The zero-order chi connectivity index (χ0) is 22.8. The summed E-state index contributed by atoms with van der Waals surface area (Å²) in [7, 11) is 0. The minimum Gasteiger partial charge on any atom is -0.479 e. The van der Waals surface area contributed by atoms with E-state index in [0.717, 1.165) is 18.0 Å². The van der Waals surface area contributed by atoms with Crippen molar-refractivity contribution in [2.24, 2.45) is 5.10 Å². The molecule has 2 heterocycles. The summed E-state index contributed by atoms with van der Waals surface area (Å²) in [6, 6.07) is 2.58. The number of ether oxygens (including phenoxy) is 1. The quantitative estimate of drug-likeness (QED) is 0.211. The van der Waals surface area contributed by atoms with Gasteiger partial charge in [-0.15, -0.1) is 10.2 Å². The van der Waals surface area contributed by atoms with E-state index in [0.29, 0.717) is 10.4 Å². The van der Waals surface area contributed by atoms with Crippen LogP contribution in [0, 0.1) is 23.3 Å². The van der Waals surface area contributed by atoms with Crippen molar-refractivity contribution >= 4 is 18.0 Å². The van der Waals surface area contributed by atoms with E-state index in [4.69, 9.17) is 9.15 Å². The summed E-state index contributed by atoms with van der Waals surface area (Å²) in [5, 5.41) is 10.1. The molecule has 14 heteroatoms. The number of nitrogens with zero attached hydrogens (tertiary/aromatic N) is 4. The van der Waals surface area contributed by atoms with E-state index in [9.17, 15) is 30.7 Å². The highest BCUT2D eigenvalue weighted by molar-refractivity contribution is 7.99. The maximum absolute atomic E-state index is 13.6. The average molecular weight is 468 g/mol. The molecule has 0 aliphatic rings. The SMILES string of the molecule is CCSc1nnc(C(F)(F)F)n1N=Cc1ccc(COc2c(F)c(F)cc(F)c2F)o1. The molecule has 0 radical (unpaired) electrons. The molecule has 3 aromatic rings. The molecule has 0 aliphatic carbocycles. The highest BCUT2D eigenvalue weighted by Gasteiger charge is 2.39. The van der Waals surface area contributed by atoms with Gasteiger partial charge in [-0.2, -0.15) is 31.7 Å². The first-order valence-corrected chi connectivity index (χ1v) is 9.34. The van der Waals surface area contributed by atoms with Crippen LogP contribution in [-0.4, -0.2) is 26.8 Å². The fourth-order valence-corrected chi connectivity index (χ4v) is 2.86. The number of halogens is 7. The Morgan fingerprint density at radius 1 is 1.13 bits per heavy atom. The second kappa shape index (κ2) is 8.99. The van der Waals surface area contributed by atoms with Gasteiger partial charge in [0.15, 0.2) is 17.4 Å². The van der Waals surface area contributed by atoms with Crippen LogP contribution in [0.5, 0.6) is 5.75 Å². The fraction of sp³-hybridized carbons (Fsp3) is 0.235. The number of furan rings is 1. The lowest BCUT2D eigenvalue weighted by molar-refractivity contribution is -0.147. The first-order chi connectivity index (χ1) is 14.6. The summed E-state index contributed by atoms with van der Waals surface area (Å²) in [6.45, 7) is 1.08. The Morgan fingerprint density at radius 2 is 1.81 bits per heavy atom. The molecular formula is C17H11F7N4O2S. The number of thioether (sulfide) groups is 1. The van der Waals surface area contributed by atoms with Crippen LogP contribution in [-0.2, 0) is 12.8 Å². The lowest BCUT2D eigenvalue weighted by Crippen LogP contribution is -2.13. The molecule has 0 fully saturated rings. The van der Waals surface area contributed by atoms with Gasteiger partial charge in [-0.25, -0.2) is 8.78 Å². The Balaban J connectivity index is 1.77. The van der Waals surface area contributed by atoms with Crippen LogP contribution in [0.2, 0.25) is 0 Å². The first-order valence-electron chi connectivity index (χ1n) is 8.36. The van der Waals surface area contributed by atoms with Crippen LogP contribution < -0.4 is 4.74 Å². The van der Waals surface area contributed by atoms with Crippen LogP contribution in [0.15, 0.2) is 32.9 Å². The van der Waals surface area contributed by atoms with Gasteiger partial charge in [-0.05, 0) is 17.9 Å². The van der Waals surface area contributed by atoms with Gasteiger partial charge in [0.1, 0.15) is 18.1 Å². The number of alkyl halides is 3.